The molecule has 0 aliphatic carbocycles. The Morgan fingerprint density at radius 3 is 2.48 bits per heavy atom. The highest BCUT2D eigenvalue weighted by Gasteiger charge is 2.27. The second-order valence-electron chi connectivity index (χ2n) is 6.65. The third-order valence-electron chi connectivity index (χ3n) is 4.91. The average Bonchev–Trinajstić information content (AvgIpc) is 2.76. The third kappa shape index (κ3) is 2.76. The van der Waals surface area contributed by atoms with E-state index in [4.69, 9.17) is 4.74 Å². The lowest BCUT2D eigenvalue weighted by Gasteiger charge is -2.35. The predicted molar refractivity (Wildman–Crippen MR) is 93.0 cm³/mol. The summed E-state index contributed by atoms with van der Waals surface area (Å²) in [6, 6.07) is 6.09. The van der Waals surface area contributed by atoms with Crippen LogP contribution in [0.15, 0.2) is 18.2 Å². The summed E-state index contributed by atoms with van der Waals surface area (Å²) >= 11 is 0. The highest BCUT2D eigenvalue weighted by Crippen LogP contribution is 2.27. The van der Waals surface area contributed by atoms with Gasteiger partial charge in [-0.2, -0.15) is 0 Å². The Bertz CT molecular complexity index is 737. The number of hydrogen-bond donors (Lipinski definition) is 0. The van der Waals surface area contributed by atoms with Gasteiger partial charge < -0.3 is 14.2 Å². The van der Waals surface area contributed by atoms with E-state index in [0.717, 1.165) is 12.1 Å². The van der Waals surface area contributed by atoms with E-state index in [-0.39, 0.29) is 18.1 Å². The highest BCUT2D eigenvalue weighted by atomic mass is 16.5. The molecule has 2 unspecified atom stereocenters. The van der Waals surface area contributed by atoms with Crippen molar-refractivity contribution in [1.82, 2.24) is 9.47 Å². The molecule has 2 atom stereocenters. The zero-order valence-electron chi connectivity index (χ0n) is 14.7. The molecular weight excluding hydrogens is 288 g/mol. The molecule has 124 valence electrons. The van der Waals surface area contributed by atoms with Crippen LogP contribution in [0.1, 0.15) is 42.4 Å². The Kier molecular flexibility index (Phi) is 4.19. The minimum absolute atomic E-state index is 0.0941. The van der Waals surface area contributed by atoms with Gasteiger partial charge in [0.2, 0.25) is 0 Å². The first-order chi connectivity index (χ1) is 10.9. The largest absolute Gasteiger partial charge is 0.372 e. The summed E-state index contributed by atoms with van der Waals surface area (Å²) in [7, 11) is 0. The van der Waals surface area contributed by atoms with Gasteiger partial charge in [0.1, 0.15) is 0 Å². The smallest absolute Gasteiger partial charge is 0.254 e. The summed E-state index contributed by atoms with van der Waals surface area (Å²) in [4.78, 5) is 14.8. The van der Waals surface area contributed by atoms with E-state index in [0.29, 0.717) is 13.1 Å². The van der Waals surface area contributed by atoms with Crippen molar-refractivity contribution in [2.45, 2.75) is 53.4 Å². The number of hydrogen-bond acceptors (Lipinski definition) is 2. The van der Waals surface area contributed by atoms with E-state index in [2.05, 4.69) is 37.5 Å². The maximum atomic E-state index is 12.9. The quantitative estimate of drug-likeness (QED) is 0.850. The predicted octanol–water partition coefficient (Wildman–Crippen LogP) is 3.53. The zero-order valence-corrected chi connectivity index (χ0v) is 14.7. The minimum atomic E-state index is 0.0941. The van der Waals surface area contributed by atoms with Crippen molar-refractivity contribution in [2.24, 2.45) is 0 Å². The average molecular weight is 314 g/mol. The summed E-state index contributed by atoms with van der Waals surface area (Å²) in [5, 5.41) is 1.18. The van der Waals surface area contributed by atoms with Crippen LogP contribution in [0.25, 0.3) is 10.9 Å². The number of carbonyl (C=O) groups excluding carboxylic acids is 1. The van der Waals surface area contributed by atoms with Gasteiger partial charge in [-0.3, -0.25) is 4.79 Å². The summed E-state index contributed by atoms with van der Waals surface area (Å²) in [5.41, 5.74) is 4.53. The number of carbonyl (C=O) groups is 1. The molecule has 2 heterocycles. The molecule has 1 aromatic heterocycles. The van der Waals surface area contributed by atoms with Crippen molar-refractivity contribution >= 4 is 16.8 Å². The van der Waals surface area contributed by atoms with Crippen molar-refractivity contribution in [3.05, 3.63) is 35.0 Å². The van der Waals surface area contributed by atoms with Crippen molar-refractivity contribution in [1.29, 1.82) is 0 Å². The summed E-state index contributed by atoms with van der Waals surface area (Å²) in [6.45, 7) is 12.7. The number of fused-ring (bicyclic) bond motifs is 1. The Balaban J connectivity index is 1.97. The highest BCUT2D eigenvalue weighted by molar-refractivity contribution is 5.99. The van der Waals surface area contributed by atoms with E-state index in [9.17, 15) is 4.79 Å². The van der Waals surface area contributed by atoms with Gasteiger partial charge in [0.15, 0.2) is 0 Å². The number of benzene rings is 1. The molecular formula is C19H26N2O2. The molecule has 3 rings (SSSR count). The van der Waals surface area contributed by atoms with Gasteiger partial charge in [0, 0.05) is 41.8 Å². The van der Waals surface area contributed by atoms with E-state index in [1.54, 1.807) is 0 Å². The molecule has 1 aliphatic heterocycles. The normalized spacial score (nSPS) is 21.9. The van der Waals surface area contributed by atoms with Crippen LogP contribution in [0.2, 0.25) is 0 Å². The fraction of sp³-hybridized carbons (Fsp3) is 0.526. The molecule has 1 aromatic carbocycles. The van der Waals surface area contributed by atoms with Crippen LogP contribution < -0.4 is 0 Å². The Labute approximate surface area is 138 Å². The molecule has 4 heteroatoms. The van der Waals surface area contributed by atoms with Crippen LogP contribution in [0.3, 0.4) is 0 Å². The van der Waals surface area contributed by atoms with Crippen LogP contribution >= 0.6 is 0 Å². The van der Waals surface area contributed by atoms with Gasteiger partial charge in [-0.05, 0) is 58.4 Å². The summed E-state index contributed by atoms with van der Waals surface area (Å²) < 4.78 is 8.03. The van der Waals surface area contributed by atoms with Crippen molar-refractivity contribution in [3.63, 3.8) is 0 Å². The summed E-state index contributed by atoms with van der Waals surface area (Å²) in [6.07, 6.45) is 0.188. The monoisotopic (exact) mass is 314 g/mol. The number of ether oxygens (including phenoxy) is 1. The van der Waals surface area contributed by atoms with Crippen molar-refractivity contribution < 1.29 is 9.53 Å². The van der Waals surface area contributed by atoms with Crippen molar-refractivity contribution in [3.8, 4) is 0 Å². The maximum absolute atomic E-state index is 12.9. The Morgan fingerprint density at radius 2 is 1.87 bits per heavy atom. The molecule has 1 amide bonds. The van der Waals surface area contributed by atoms with Gasteiger partial charge in [-0.25, -0.2) is 0 Å². The molecule has 4 nitrogen and oxygen atoms in total. The van der Waals surface area contributed by atoms with Gasteiger partial charge >= 0.3 is 0 Å². The number of aryl methyl sites for hydroxylation is 2. The van der Waals surface area contributed by atoms with Crippen LogP contribution in [0.5, 0.6) is 0 Å². The maximum Gasteiger partial charge on any atom is 0.254 e. The Hall–Kier alpha value is -1.81. The molecule has 1 saturated heterocycles. The van der Waals surface area contributed by atoms with E-state index < -0.39 is 0 Å². The SMILES string of the molecule is CCn1c(C)c(C)c2cc(C(=O)N3CC(C)OC(C)C3)ccc21. The standard InChI is InChI=1S/C19H26N2O2/c1-6-21-15(5)14(4)17-9-16(7-8-18(17)21)19(22)20-10-12(2)23-13(3)11-20/h7-9,12-13H,6,10-11H2,1-5H3. The van der Waals surface area contributed by atoms with Gasteiger partial charge in [0.25, 0.3) is 5.91 Å². The second kappa shape index (κ2) is 6.00. The molecule has 23 heavy (non-hydrogen) atoms. The second-order valence-corrected chi connectivity index (χ2v) is 6.65. The molecule has 1 aliphatic rings. The first kappa shape index (κ1) is 16.1. The minimum Gasteiger partial charge on any atom is -0.372 e. The van der Waals surface area contributed by atoms with Crippen LogP contribution in [-0.2, 0) is 11.3 Å². The van der Waals surface area contributed by atoms with Gasteiger partial charge in [-0.15, -0.1) is 0 Å². The fourth-order valence-corrected chi connectivity index (χ4v) is 3.72. The van der Waals surface area contributed by atoms with Crippen molar-refractivity contribution in [2.75, 3.05) is 13.1 Å². The lowest BCUT2D eigenvalue weighted by atomic mass is 10.1. The fourth-order valence-electron chi connectivity index (χ4n) is 3.72. The molecule has 0 saturated carbocycles. The molecule has 0 radical (unpaired) electrons. The molecule has 0 N–H and O–H groups in total. The topological polar surface area (TPSA) is 34.5 Å². The number of morpholine rings is 1. The van der Waals surface area contributed by atoms with Gasteiger partial charge in [-0.1, -0.05) is 0 Å². The summed E-state index contributed by atoms with van der Waals surface area (Å²) in [5.74, 6) is 0.107. The molecule has 2 aromatic rings. The zero-order chi connectivity index (χ0) is 16.7. The molecule has 0 spiro atoms. The number of rotatable bonds is 2. The molecule has 0 bridgehead atoms. The van der Waals surface area contributed by atoms with E-state index >= 15 is 0 Å². The van der Waals surface area contributed by atoms with E-state index in [1.165, 1.54) is 22.2 Å². The number of amides is 1. The van der Waals surface area contributed by atoms with Gasteiger partial charge in [0.05, 0.1) is 12.2 Å². The molecule has 1 fully saturated rings. The lowest BCUT2D eigenvalue weighted by Crippen LogP contribution is -2.48. The van der Waals surface area contributed by atoms with E-state index in [1.807, 2.05) is 24.8 Å². The number of aromatic nitrogens is 1. The van der Waals surface area contributed by atoms with Crippen LogP contribution in [-0.4, -0.2) is 40.7 Å². The lowest BCUT2D eigenvalue weighted by molar-refractivity contribution is -0.0586. The van der Waals surface area contributed by atoms with Crippen LogP contribution in [0.4, 0.5) is 0 Å². The third-order valence-corrected chi connectivity index (χ3v) is 4.91. The Morgan fingerprint density at radius 1 is 1.22 bits per heavy atom. The number of nitrogens with zero attached hydrogens (tertiary/aromatic N) is 2. The first-order valence-corrected chi connectivity index (χ1v) is 8.46. The first-order valence-electron chi connectivity index (χ1n) is 8.46. The van der Waals surface area contributed by atoms with Crippen LogP contribution in [0, 0.1) is 13.8 Å².